The molecule has 4 nitrogen and oxygen atoms in total. The van der Waals surface area contributed by atoms with Crippen LogP contribution in [-0.2, 0) is 6.42 Å². The van der Waals surface area contributed by atoms with Gasteiger partial charge >= 0.3 is 0 Å². The first kappa shape index (κ1) is 17.6. The van der Waals surface area contributed by atoms with Crippen LogP contribution >= 0.6 is 0 Å². The summed E-state index contributed by atoms with van der Waals surface area (Å²) in [5, 5.41) is 3.83. The molecule has 0 aliphatic carbocycles. The summed E-state index contributed by atoms with van der Waals surface area (Å²) in [5.41, 5.74) is 1.63. The van der Waals surface area contributed by atoms with Crippen LogP contribution in [-0.4, -0.2) is 42.4 Å². The van der Waals surface area contributed by atoms with E-state index in [2.05, 4.69) is 50.0 Å². The standard InChI is InChI=1S/C20H32N2O2/c1-15(21-17-9-11-22(12-10-17)20(2,3)4)5-6-16-7-8-18-19(13-16)24-14-23-18/h7-8,13,15,17,21H,5-6,9-12,14H2,1-4H3. The number of rotatable bonds is 5. The minimum Gasteiger partial charge on any atom is -0.454 e. The largest absolute Gasteiger partial charge is 0.454 e. The molecule has 2 aliphatic heterocycles. The molecule has 0 amide bonds. The fraction of sp³-hybridized carbons (Fsp3) is 0.700. The van der Waals surface area contributed by atoms with Gasteiger partial charge in [-0.05, 0) is 71.1 Å². The van der Waals surface area contributed by atoms with Gasteiger partial charge in [-0.2, -0.15) is 0 Å². The number of benzene rings is 1. The lowest BCUT2D eigenvalue weighted by Gasteiger charge is -2.41. The number of fused-ring (bicyclic) bond motifs is 1. The van der Waals surface area contributed by atoms with E-state index in [9.17, 15) is 0 Å². The summed E-state index contributed by atoms with van der Waals surface area (Å²) < 4.78 is 10.8. The lowest BCUT2D eigenvalue weighted by molar-refractivity contribution is 0.0940. The summed E-state index contributed by atoms with van der Waals surface area (Å²) in [6.45, 7) is 12.0. The van der Waals surface area contributed by atoms with Crippen molar-refractivity contribution < 1.29 is 9.47 Å². The Morgan fingerprint density at radius 3 is 2.58 bits per heavy atom. The van der Waals surface area contributed by atoms with Crippen LogP contribution in [0.15, 0.2) is 18.2 Å². The highest BCUT2D eigenvalue weighted by Crippen LogP contribution is 2.32. The maximum atomic E-state index is 5.46. The van der Waals surface area contributed by atoms with Crippen LogP contribution in [0.5, 0.6) is 11.5 Å². The molecule has 1 fully saturated rings. The van der Waals surface area contributed by atoms with Gasteiger partial charge in [0.2, 0.25) is 6.79 Å². The third-order valence-electron chi connectivity index (χ3n) is 5.27. The Bertz CT molecular complexity index is 545. The van der Waals surface area contributed by atoms with Gasteiger partial charge in [-0.15, -0.1) is 0 Å². The smallest absolute Gasteiger partial charge is 0.231 e. The van der Waals surface area contributed by atoms with Crippen LogP contribution in [0.25, 0.3) is 0 Å². The SMILES string of the molecule is CC(CCc1ccc2c(c1)OCO2)NC1CCN(C(C)(C)C)CC1. The van der Waals surface area contributed by atoms with E-state index < -0.39 is 0 Å². The second kappa shape index (κ2) is 7.32. The first-order valence-corrected chi connectivity index (χ1v) is 9.31. The normalized spacial score (nSPS) is 20.3. The highest BCUT2D eigenvalue weighted by atomic mass is 16.7. The minimum atomic E-state index is 0.302. The van der Waals surface area contributed by atoms with Gasteiger partial charge in [-0.25, -0.2) is 0 Å². The summed E-state index contributed by atoms with van der Waals surface area (Å²) in [5.74, 6) is 1.76. The van der Waals surface area contributed by atoms with Crippen molar-refractivity contribution >= 4 is 0 Å². The fourth-order valence-electron chi connectivity index (χ4n) is 3.68. The Hall–Kier alpha value is -1.26. The third kappa shape index (κ3) is 4.42. The van der Waals surface area contributed by atoms with Crippen molar-refractivity contribution in [3.63, 3.8) is 0 Å². The van der Waals surface area contributed by atoms with Crippen LogP contribution in [0.1, 0.15) is 52.5 Å². The summed E-state index contributed by atoms with van der Waals surface area (Å²) >= 11 is 0. The molecule has 1 saturated heterocycles. The number of nitrogens with one attached hydrogen (secondary N) is 1. The zero-order valence-corrected chi connectivity index (χ0v) is 15.6. The van der Waals surface area contributed by atoms with Crippen molar-refractivity contribution in [1.82, 2.24) is 10.2 Å². The molecule has 2 aliphatic rings. The van der Waals surface area contributed by atoms with E-state index in [-0.39, 0.29) is 0 Å². The molecule has 134 valence electrons. The molecule has 0 saturated carbocycles. The van der Waals surface area contributed by atoms with Gasteiger partial charge in [0.15, 0.2) is 11.5 Å². The number of aryl methyl sites for hydroxylation is 1. The maximum absolute atomic E-state index is 5.46. The van der Waals surface area contributed by atoms with E-state index in [1.165, 1.54) is 31.5 Å². The van der Waals surface area contributed by atoms with Gasteiger partial charge in [-0.3, -0.25) is 4.90 Å². The van der Waals surface area contributed by atoms with Crippen molar-refractivity contribution in [2.45, 2.75) is 71.0 Å². The quantitative estimate of drug-likeness (QED) is 0.893. The number of hydrogen-bond donors (Lipinski definition) is 1. The Labute approximate surface area is 146 Å². The molecule has 0 bridgehead atoms. The molecule has 2 heterocycles. The molecule has 1 aromatic rings. The predicted octanol–water partition coefficient (Wildman–Crippen LogP) is 3.59. The fourth-order valence-corrected chi connectivity index (χ4v) is 3.68. The second-order valence-electron chi connectivity index (χ2n) is 8.23. The average molecular weight is 332 g/mol. The van der Waals surface area contributed by atoms with Crippen LogP contribution in [0.3, 0.4) is 0 Å². The predicted molar refractivity (Wildman–Crippen MR) is 97.8 cm³/mol. The van der Waals surface area contributed by atoms with Crippen LogP contribution in [0.2, 0.25) is 0 Å². The number of hydrogen-bond acceptors (Lipinski definition) is 4. The van der Waals surface area contributed by atoms with Crippen molar-refractivity contribution in [2.24, 2.45) is 0 Å². The van der Waals surface area contributed by atoms with Crippen molar-refractivity contribution in [3.8, 4) is 11.5 Å². The topological polar surface area (TPSA) is 33.7 Å². The van der Waals surface area contributed by atoms with Crippen LogP contribution in [0.4, 0.5) is 0 Å². The lowest BCUT2D eigenvalue weighted by Crippen LogP contribution is -2.51. The molecule has 3 rings (SSSR count). The molecule has 1 unspecified atom stereocenters. The molecular formula is C20H32N2O2. The first-order chi connectivity index (χ1) is 11.4. The van der Waals surface area contributed by atoms with Crippen molar-refractivity contribution in [1.29, 1.82) is 0 Å². The number of likely N-dealkylation sites (tertiary alicyclic amines) is 1. The van der Waals surface area contributed by atoms with E-state index in [1.54, 1.807) is 0 Å². The van der Waals surface area contributed by atoms with Crippen molar-refractivity contribution in [3.05, 3.63) is 23.8 Å². The van der Waals surface area contributed by atoms with E-state index in [1.807, 2.05) is 6.07 Å². The first-order valence-electron chi connectivity index (χ1n) is 9.31. The van der Waals surface area contributed by atoms with Gasteiger partial charge in [-0.1, -0.05) is 6.07 Å². The minimum absolute atomic E-state index is 0.302. The summed E-state index contributed by atoms with van der Waals surface area (Å²) in [6.07, 6.45) is 4.74. The van der Waals surface area contributed by atoms with Gasteiger partial charge in [0, 0.05) is 30.7 Å². The molecule has 1 aromatic carbocycles. The van der Waals surface area contributed by atoms with Crippen molar-refractivity contribution in [2.75, 3.05) is 19.9 Å². The molecule has 1 N–H and O–H groups in total. The van der Waals surface area contributed by atoms with Gasteiger partial charge in [0.25, 0.3) is 0 Å². The molecule has 0 spiro atoms. The number of piperidine rings is 1. The monoisotopic (exact) mass is 332 g/mol. The summed E-state index contributed by atoms with van der Waals surface area (Å²) in [4.78, 5) is 2.60. The number of ether oxygens (including phenoxy) is 2. The zero-order valence-electron chi connectivity index (χ0n) is 15.6. The Morgan fingerprint density at radius 1 is 1.17 bits per heavy atom. The third-order valence-corrected chi connectivity index (χ3v) is 5.27. The summed E-state index contributed by atoms with van der Waals surface area (Å²) in [7, 11) is 0. The van der Waals surface area contributed by atoms with E-state index in [0.717, 1.165) is 24.3 Å². The molecule has 24 heavy (non-hydrogen) atoms. The second-order valence-corrected chi connectivity index (χ2v) is 8.23. The van der Waals surface area contributed by atoms with Gasteiger partial charge in [0.1, 0.15) is 0 Å². The Kier molecular flexibility index (Phi) is 5.36. The number of nitrogens with zero attached hydrogens (tertiary/aromatic N) is 1. The molecule has 0 radical (unpaired) electrons. The average Bonchev–Trinajstić information content (AvgIpc) is 3.00. The highest BCUT2D eigenvalue weighted by Gasteiger charge is 2.27. The molecule has 0 aromatic heterocycles. The van der Waals surface area contributed by atoms with E-state index in [4.69, 9.17) is 9.47 Å². The summed E-state index contributed by atoms with van der Waals surface area (Å²) in [6, 6.07) is 7.51. The van der Waals surface area contributed by atoms with Gasteiger partial charge < -0.3 is 14.8 Å². The Morgan fingerprint density at radius 2 is 1.88 bits per heavy atom. The van der Waals surface area contributed by atoms with Gasteiger partial charge in [0.05, 0.1) is 0 Å². The van der Waals surface area contributed by atoms with E-state index >= 15 is 0 Å². The zero-order chi connectivity index (χ0) is 17.2. The van der Waals surface area contributed by atoms with Crippen LogP contribution < -0.4 is 14.8 Å². The molecular weight excluding hydrogens is 300 g/mol. The van der Waals surface area contributed by atoms with E-state index in [0.29, 0.717) is 24.4 Å². The molecule has 1 atom stereocenters. The van der Waals surface area contributed by atoms with Crippen LogP contribution in [0, 0.1) is 0 Å². The lowest BCUT2D eigenvalue weighted by atomic mass is 9.97. The maximum Gasteiger partial charge on any atom is 0.231 e. The highest BCUT2D eigenvalue weighted by molar-refractivity contribution is 5.44. The Balaban J connectivity index is 1.41. The molecule has 4 heteroatoms.